The number of amides is 1. The maximum Gasteiger partial charge on any atom is 0.263 e. The third kappa shape index (κ3) is 4.49. The van der Waals surface area contributed by atoms with E-state index in [4.69, 9.17) is 4.74 Å². The number of rotatable bonds is 7. The molecule has 28 heavy (non-hydrogen) atoms. The minimum absolute atomic E-state index is 0.144. The van der Waals surface area contributed by atoms with E-state index < -0.39 is 0 Å². The molecule has 5 nitrogen and oxygen atoms in total. The third-order valence-electron chi connectivity index (χ3n) is 4.69. The van der Waals surface area contributed by atoms with Crippen LogP contribution in [0.3, 0.4) is 0 Å². The molecular weight excluding hydrogens is 352 g/mol. The number of ether oxygens (including phenoxy) is 1. The Morgan fingerprint density at radius 3 is 2.39 bits per heavy atom. The normalized spacial score (nSPS) is 11.6. The minimum atomic E-state index is -0.366. The topological polar surface area (TPSA) is 60.3 Å². The lowest BCUT2D eigenvalue weighted by atomic mass is 10.0. The molecule has 0 fully saturated rings. The van der Waals surface area contributed by atoms with Crippen LogP contribution in [0.25, 0.3) is 0 Å². The van der Waals surface area contributed by atoms with Crippen LogP contribution in [0.2, 0.25) is 0 Å². The van der Waals surface area contributed by atoms with Crippen LogP contribution in [0.5, 0.6) is 5.75 Å². The first-order valence-electron chi connectivity index (χ1n) is 9.30. The molecule has 0 aliphatic heterocycles. The quantitative estimate of drug-likeness (QED) is 0.683. The van der Waals surface area contributed by atoms with Crippen LogP contribution >= 0.6 is 0 Å². The molecule has 3 aromatic rings. The molecule has 0 aliphatic rings. The molecule has 0 aliphatic carbocycles. The Morgan fingerprint density at radius 2 is 1.75 bits per heavy atom. The van der Waals surface area contributed by atoms with Gasteiger partial charge < -0.3 is 14.6 Å². The van der Waals surface area contributed by atoms with Crippen molar-refractivity contribution in [3.05, 3.63) is 100.0 Å². The number of hydrogen-bond donors (Lipinski definition) is 1. The molecule has 0 saturated heterocycles. The SMILES string of the molecule is CCC(NC(=O)c1cccn(Cc2ccccc2)c1=O)c1ccc(OC)cc1. The molecule has 1 heterocycles. The molecule has 0 spiro atoms. The van der Waals surface area contributed by atoms with Gasteiger partial charge in [0.1, 0.15) is 11.3 Å². The third-order valence-corrected chi connectivity index (χ3v) is 4.69. The Labute approximate surface area is 164 Å². The maximum atomic E-state index is 12.8. The summed E-state index contributed by atoms with van der Waals surface area (Å²) in [6.45, 7) is 2.42. The van der Waals surface area contributed by atoms with E-state index in [0.717, 1.165) is 16.9 Å². The smallest absolute Gasteiger partial charge is 0.263 e. The van der Waals surface area contributed by atoms with Gasteiger partial charge in [-0.2, -0.15) is 0 Å². The molecule has 1 amide bonds. The molecule has 0 bridgehead atoms. The predicted octanol–water partition coefficient (Wildman–Crippen LogP) is 3.79. The zero-order valence-electron chi connectivity index (χ0n) is 16.1. The first-order valence-corrected chi connectivity index (χ1v) is 9.30. The number of carbonyl (C=O) groups excluding carboxylic acids is 1. The Kier molecular flexibility index (Phi) is 6.27. The fraction of sp³-hybridized carbons (Fsp3) is 0.217. The van der Waals surface area contributed by atoms with Gasteiger partial charge in [-0.15, -0.1) is 0 Å². The minimum Gasteiger partial charge on any atom is -0.497 e. The van der Waals surface area contributed by atoms with Crippen molar-refractivity contribution in [2.45, 2.75) is 25.9 Å². The average molecular weight is 376 g/mol. The van der Waals surface area contributed by atoms with Crippen LogP contribution in [-0.4, -0.2) is 17.6 Å². The van der Waals surface area contributed by atoms with Crippen molar-refractivity contribution in [2.24, 2.45) is 0 Å². The highest BCUT2D eigenvalue weighted by atomic mass is 16.5. The summed E-state index contributed by atoms with van der Waals surface area (Å²) in [6, 6.07) is 20.4. The second kappa shape index (κ2) is 9.04. The van der Waals surface area contributed by atoms with E-state index in [1.165, 1.54) is 0 Å². The second-order valence-electron chi connectivity index (χ2n) is 6.55. The lowest BCUT2D eigenvalue weighted by Crippen LogP contribution is -2.35. The summed E-state index contributed by atoms with van der Waals surface area (Å²) in [5.41, 5.74) is 1.82. The van der Waals surface area contributed by atoms with E-state index in [0.29, 0.717) is 13.0 Å². The van der Waals surface area contributed by atoms with E-state index in [2.05, 4.69) is 5.32 Å². The molecule has 0 saturated carbocycles. The molecule has 2 aromatic carbocycles. The van der Waals surface area contributed by atoms with Gasteiger partial charge in [-0.1, -0.05) is 49.4 Å². The van der Waals surface area contributed by atoms with Gasteiger partial charge in [0.25, 0.3) is 11.5 Å². The highest BCUT2D eigenvalue weighted by molar-refractivity contribution is 5.94. The summed E-state index contributed by atoms with van der Waals surface area (Å²) in [5, 5.41) is 2.98. The number of nitrogens with zero attached hydrogens (tertiary/aromatic N) is 1. The van der Waals surface area contributed by atoms with Crippen LogP contribution in [0, 0.1) is 0 Å². The molecular formula is C23H24N2O3. The monoisotopic (exact) mass is 376 g/mol. The van der Waals surface area contributed by atoms with Gasteiger partial charge in [0.2, 0.25) is 0 Å². The zero-order valence-corrected chi connectivity index (χ0v) is 16.1. The van der Waals surface area contributed by atoms with E-state index in [-0.39, 0.29) is 23.1 Å². The van der Waals surface area contributed by atoms with E-state index in [9.17, 15) is 9.59 Å². The molecule has 5 heteroatoms. The molecule has 3 rings (SSSR count). The van der Waals surface area contributed by atoms with Crippen molar-refractivity contribution in [2.75, 3.05) is 7.11 Å². The Morgan fingerprint density at radius 1 is 1.04 bits per heavy atom. The molecule has 1 N–H and O–H groups in total. The highest BCUT2D eigenvalue weighted by Crippen LogP contribution is 2.20. The standard InChI is InChI=1S/C23H24N2O3/c1-3-21(18-11-13-19(28-2)14-12-18)24-22(26)20-10-7-15-25(23(20)27)16-17-8-5-4-6-9-17/h4-15,21H,3,16H2,1-2H3,(H,24,26). The predicted molar refractivity (Wildman–Crippen MR) is 110 cm³/mol. The van der Waals surface area contributed by atoms with Crippen molar-refractivity contribution >= 4 is 5.91 Å². The fourth-order valence-corrected chi connectivity index (χ4v) is 3.11. The summed E-state index contributed by atoms with van der Waals surface area (Å²) in [6.07, 6.45) is 2.41. The average Bonchev–Trinajstić information content (AvgIpc) is 2.74. The molecule has 1 atom stereocenters. The zero-order chi connectivity index (χ0) is 19.9. The summed E-state index contributed by atoms with van der Waals surface area (Å²) >= 11 is 0. The summed E-state index contributed by atoms with van der Waals surface area (Å²) in [7, 11) is 1.62. The van der Waals surface area contributed by atoms with Crippen LogP contribution in [0.1, 0.15) is 40.9 Å². The van der Waals surface area contributed by atoms with Gasteiger partial charge in [0.05, 0.1) is 19.7 Å². The van der Waals surface area contributed by atoms with Gasteiger partial charge in [-0.3, -0.25) is 9.59 Å². The number of methoxy groups -OCH3 is 1. The second-order valence-corrected chi connectivity index (χ2v) is 6.55. The van der Waals surface area contributed by atoms with Gasteiger partial charge in [-0.05, 0) is 41.8 Å². The van der Waals surface area contributed by atoms with Crippen molar-refractivity contribution in [3.8, 4) is 5.75 Å². The fourth-order valence-electron chi connectivity index (χ4n) is 3.11. The van der Waals surface area contributed by atoms with Crippen molar-refractivity contribution < 1.29 is 9.53 Å². The highest BCUT2D eigenvalue weighted by Gasteiger charge is 2.17. The number of aromatic nitrogens is 1. The van der Waals surface area contributed by atoms with Gasteiger partial charge in [0.15, 0.2) is 0 Å². The molecule has 144 valence electrons. The Hall–Kier alpha value is -3.34. The lowest BCUT2D eigenvalue weighted by molar-refractivity contribution is 0.0933. The number of pyridine rings is 1. The van der Waals surface area contributed by atoms with Gasteiger partial charge in [-0.25, -0.2) is 0 Å². The van der Waals surface area contributed by atoms with Crippen molar-refractivity contribution in [3.63, 3.8) is 0 Å². The van der Waals surface area contributed by atoms with E-state index >= 15 is 0 Å². The van der Waals surface area contributed by atoms with Crippen molar-refractivity contribution in [1.82, 2.24) is 9.88 Å². The summed E-state index contributed by atoms with van der Waals surface area (Å²) < 4.78 is 6.73. The van der Waals surface area contributed by atoms with Crippen LogP contribution < -0.4 is 15.6 Å². The Balaban J connectivity index is 1.79. The maximum absolute atomic E-state index is 12.8. The molecule has 1 aromatic heterocycles. The lowest BCUT2D eigenvalue weighted by Gasteiger charge is -2.18. The molecule has 0 radical (unpaired) electrons. The first-order chi connectivity index (χ1) is 13.6. The van der Waals surface area contributed by atoms with Gasteiger partial charge in [0, 0.05) is 6.20 Å². The summed E-state index contributed by atoms with van der Waals surface area (Å²) in [4.78, 5) is 25.6. The number of hydrogen-bond acceptors (Lipinski definition) is 3. The van der Waals surface area contributed by atoms with Gasteiger partial charge >= 0.3 is 0 Å². The number of carbonyl (C=O) groups is 1. The number of nitrogens with one attached hydrogen (secondary N) is 1. The molecule has 1 unspecified atom stereocenters. The van der Waals surface area contributed by atoms with Crippen LogP contribution in [-0.2, 0) is 6.54 Å². The van der Waals surface area contributed by atoms with Crippen LogP contribution in [0.4, 0.5) is 0 Å². The number of benzene rings is 2. The van der Waals surface area contributed by atoms with E-state index in [1.54, 1.807) is 30.0 Å². The van der Waals surface area contributed by atoms with E-state index in [1.807, 2.05) is 61.5 Å². The summed E-state index contributed by atoms with van der Waals surface area (Å²) in [5.74, 6) is 0.395. The van der Waals surface area contributed by atoms with Crippen LogP contribution in [0.15, 0.2) is 77.7 Å². The largest absolute Gasteiger partial charge is 0.497 e. The Bertz CT molecular complexity index is 979. The van der Waals surface area contributed by atoms with Crippen molar-refractivity contribution in [1.29, 1.82) is 0 Å². The first kappa shape index (κ1) is 19.4.